The maximum atomic E-state index is 12.1. The average molecular weight is 293 g/mol. The van der Waals surface area contributed by atoms with Crippen molar-refractivity contribution in [2.24, 2.45) is 0 Å². The van der Waals surface area contributed by atoms with Crippen LogP contribution in [-0.4, -0.2) is 42.5 Å². The van der Waals surface area contributed by atoms with Gasteiger partial charge in [0.2, 0.25) is 5.91 Å². The maximum absolute atomic E-state index is 12.1. The number of carbonyl (C=O) groups excluding carboxylic acids is 2. The van der Waals surface area contributed by atoms with Crippen LogP contribution >= 0.6 is 11.8 Å². The Morgan fingerprint density at radius 1 is 1.45 bits per heavy atom. The molecule has 1 unspecified atom stereocenters. The molecule has 0 spiro atoms. The third kappa shape index (κ3) is 3.98. The highest BCUT2D eigenvalue weighted by atomic mass is 32.2. The topological polar surface area (TPSA) is 70.2 Å². The molecule has 5 nitrogen and oxygen atoms in total. The predicted molar refractivity (Wildman–Crippen MR) is 82.2 cm³/mol. The van der Waals surface area contributed by atoms with Crippen LogP contribution in [0.5, 0.6) is 0 Å². The zero-order valence-corrected chi connectivity index (χ0v) is 12.3. The summed E-state index contributed by atoms with van der Waals surface area (Å²) in [4.78, 5) is 23.8. The summed E-state index contributed by atoms with van der Waals surface area (Å²) in [6.45, 7) is 3.30. The first kappa shape index (κ1) is 14.9. The van der Waals surface area contributed by atoms with Crippen molar-refractivity contribution < 1.29 is 9.59 Å². The van der Waals surface area contributed by atoms with Crippen LogP contribution in [0.4, 0.5) is 5.69 Å². The Labute approximate surface area is 122 Å². The van der Waals surface area contributed by atoms with E-state index in [0.29, 0.717) is 17.8 Å². The predicted octanol–water partition coefficient (Wildman–Crippen LogP) is 1.08. The fourth-order valence-electron chi connectivity index (χ4n) is 1.96. The SMILES string of the molecule is CCNC(=O)c1cccc(NC(=O)C2CSCCN2)c1. The second kappa shape index (κ2) is 7.31. The van der Waals surface area contributed by atoms with Crippen molar-refractivity contribution in [2.45, 2.75) is 13.0 Å². The number of anilines is 1. The van der Waals surface area contributed by atoms with Crippen molar-refractivity contribution in [3.8, 4) is 0 Å². The molecule has 0 saturated carbocycles. The zero-order chi connectivity index (χ0) is 14.4. The van der Waals surface area contributed by atoms with Crippen LogP contribution in [0.25, 0.3) is 0 Å². The Morgan fingerprint density at radius 2 is 2.30 bits per heavy atom. The molecule has 1 saturated heterocycles. The Bertz CT molecular complexity index is 487. The molecule has 6 heteroatoms. The molecule has 20 heavy (non-hydrogen) atoms. The molecule has 0 radical (unpaired) electrons. The molecule has 108 valence electrons. The molecule has 0 aliphatic carbocycles. The molecule has 0 aromatic heterocycles. The number of amides is 2. The lowest BCUT2D eigenvalue weighted by Gasteiger charge is -2.22. The molecule has 0 bridgehead atoms. The van der Waals surface area contributed by atoms with Gasteiger partial charge in [-0.3, -0.25) is 9.59 Å². The van der Waals surface area contributed by atoms with E-state index in [0.717, 1.165) is 18.1 Å². The zero-order valence-electron chi connectivity index (χ0n) is 11.4. The summed E-state index contributed by atoms with van der Waals surface area (Å²) in [6, 6.07) is 6.82. The van der Waals surface area contributed by atoms with Gasteiger partial charge in [-0.25, -0.2) is 0 Å². The van der Waals surface area contributed by atoms with Gasteiger partial charge in [0.1, 0.15) is 0 Å². The minimum atomic E-state index is -0.165. The summed E-state index contributed by atoms with van der Waals surface area (Å²) in [7, 11) is 0. The first-order valence-electron chi connectivity index (χ1n) is 6.71. The van der Waals surface area contributed by atoms with Crippen LogP contribution in [0.1, 0.15) is 17.3 Å². The smallest absolute Gasteiger partial charge is 0.251 e. The standard InChI is InChI=1S/C14H19N3O2S/c1-2-15-13(18)10-4-3-5-11(8-10)17-14(19)12-9-20-7-6-16-12/h3-5,8,12,16H,2,6-7,9H2,1H3,(H,15,18)(H,17,19). The monoisotopic (exact) mass is 293 g/mol. The van der Waals surface area contributed by atoms with E-state index in [9.17, 15) is 9.59 Å². The Balaban J connectivity index is 2.00. The molecule has 1 aromatic rings. The number of rotatable bonds is 4. The second-order valence-corrected chi connectivity index (χ2v) is 5.66. The molecule has 1 fully saturated rings. The van der Waals surface area contributed by atoms with E-state index >= 15 is 0 Å². The number of hydrogen-bond acceptors (Lipinski definition) is 4. The number of benzene rings is 1. The molecular weight excluding hydrogens is 274 g/mol. The molecule has 2 rings (SSSR count). The van der Waals surface area contributed by atoms with Gasteiger partial charge < -0.3 is 16.0 Å². The Kier molecular flexibility index (Phi) is 5.43. The van der Waals surface area contributed by atoms with Gasteiger partial charge in [0.25, 0.3) is 5.91 Å². The molecule has 3 N–H and O–H groups in total. The van der Waals surface area contributed by atoms with E-state index in [1.54, 1.807) is 36.0 Å². The fourth-order valence-corrected chi connectivity index (χ4v) is 2.90. The summed E-state index contributed by atoms with van der Waals surface area (Å²) in [6.07, 6.45) is 0. The molecule has 1 atom stereocenters. The van der Waals surface area contributed by atoms with Crippen molar-refractivity contribution in [2.75, 3.05) is 29.9 Å². The Hall–Kier alpha value is -1.53. The summed E-state index contributed by atoms with van der Waals surface area (Å²) in [5.41, 5.74) is 1.20. The van der Waals surface area contributed by atoms with Crippen molar-refractivity contribution in [1.29, 1.82) is 0 Å². The number of hydrogen-bond donors (Lipinski definition) is 3. The van der Waals surface area contributed by atoms with Gasteiger partial charge >= 0.3 is 0 Å². The lowest BCUT2D eigenvalue weighted by atomic mass is 10.2. The third-order valence-electron chi connectivity index (χ3n) is 2.97. The van der Waals surface area contributed by atoms with E-state index in [4.69, 9.17) is 0 Å². The minimum Gasteiger partial charge on any atom is -0.352 e. The van der Waals surface area contributed by atoms with Gasteiger partial charge in [-0.15, -0.1) is 0 Å². The van der Waals surface area contributed by atoms with Crippen LogP contribution in [0, 0.1) is 0 Å². The molecular formula is C14H19N3O2S. The molecule has 1 aliphatic rings. The van der Waals surface area contributed by atoms with Crippen molar-refractivity contribution in [3.63, 3.8) is 0 Å². The summed E-state index contributed by atoms with van der Waals surface area (Å²) in [5, 5.41) is 8.78. The van der Waals surface area contributed by atoms with Crippen molar-refractivity contribution in [1.82, 2.24) is 10.6 Å². The highest BCUT2D eigenvalue weighted by Crippen LogP contribution is 2.13. The molecule has 1 aromatic carbocycles. The molecule has 1 aliphatic heterocycles. The normalized spacial score (nSPS) is 18.4. The highest BCUT2D eigenvalue weighted by molar-refractivity contribution is 7.99. The third-order valence-corrected chi connectivity index (χ3v) is 4.03. The lowest BCUT2D eigenvalue weighted by Crippen LogP contribution is -2.46. The number of carbonyl (C=O) groups is 2. The first-order valence-corrected chi connectivity index (χ1v) is 7.86. The van der Waals surface area contributed by atoms with Crippen LogP contribution in [0.15, 0.2) is 24.3 Å². The largest absolute Gasteiger partial charge is 0.352 e. The summed E-state index contributed by atoms with van der Waals surface area (Å²) in [5.74, 6) is 1.64. The molecule has 2 amide bonds. The van der Waals surface area contributed by atoms with Gasteiger partial charge in [-0.1, -0.05) is 6.07 Å². The van der Waals surface area contributed by atoms with Crippen LogP contribution in [-0.2, 0) is 4.79 Å². The van der Waals surface area contributed by atoms with E-state index in [2.05, 4.69) is 16.0 Å². The van der Waals surface area contributed by atoms with Gasteiger partial charge in [0.15, 0.2) is 0 Å². The highest BCUT2D eigenvalue weighted by Gasteiger charge is 2.20. The van der Waals surface area contributed by atoms with E-state index in [1.165, 1.54) is 0 Å². The number of thioether (sulfide) groups is 1. The summed E-state index contributed by atoms with van der Waals surface area (Å²) < 4.78 is 0. The van der Waals surface area contributed by atoms with Crippen LogP contribution in [0.2, 0.25) is 0 Å². The van der Waals surface area contributed by atoms with E-state index in [1.807, 2.05) is 6.92 Å². The Morgan fingerprint density at radius 3 is 3.00 bits per heavy atom. The van der Waals surface area contributed by atoms with E-state index < -0.39 is 0 Å². The lowest BCUT2D eigenvalue weighted by molar-refractivity contribution is -0.117. The van der Waals surface area contributed by atoms with Crippen LogP contribution in [0.3, 0.4) is 0 Å². The quantitative estimate of drug-likeness (QED) is 0.777. The second-order valence-electron chi connectivity index (χ2n) is 4.51. The fraction of sp³-hybridized carbons (Fsp3) is 0.429. The van der Waals surface area contributed by atoms with E-state index in [-0.39, 0.29) is 17.9 Å². The average Bonchev–Trinajstić information content (AvgIpc) is 2.48. The first-order chi connectivity index (χ1) is 9.70. The van der Waals surface area contributed by atoms with Gasteiger partial charge in [0.05, 0.1) is 6.04 Å². The van der Waals surface area contributed by atoms with Crippen LogP contribution < -0.4 is 16.0 Å². The van der Waals surface area contributed by atoms with Crippen molar-refractivity contribution >= 4 is 29.3 Å². The van der Waals surface area contributed by atoms with Crippen molar-refractivity contribution in [3.05, 3.63) is 29.8 Å². The van der Waals surface area contributed by atoms with Gasteiger partial charge in [-0.2, -0.15) is 11.8 Å². The summed E-state index contributed by atoms with van der Waals surface area (Å²) >= 11 is 1.77. The van der Waals surface area contributed by atoms with Gasteiger partial charge in [-0.05, 0) is 25.1 Å². The molecule has 1 heterocycles. The number of nitrogens with one attached hydrogen (secondary N) is 3. The van der Waals surface area contributed by atoms with Gasteiger partial charge in [0, 0.05) is 35.8 Å². The minimum absolute atomic E-state index is 0.0507. The maximum Gasteiger partial charge on any atom is 0.251 e.